The highest BCUT2D eigenvalue weighted by atomic mass is 31.0. The standard InChI is InChI=1S/C3H11N2P/c1-4-2-3-5-6/h4-5H,2-3,6H2,1H3. The van der Waals surface area contributed by atoms with Crippen molar-refractivity contribution in [3.05, 3.63) is 0 Å². The van der Waals surface area contributed by atoms with Gasteiger partial charge in [-0.1, -0.05) is 9.39 Å². The van der Waals surface area contributed by atoms with E-state index in [4.69, 9.17) is 0 Å². The lowest BCUT2D eigenvalue weighted by atomic mass is 10.7. The van der Waals surface area contributed by atoms with Crippen molar-refractivity contribution in [3.63, 3.8) is 0 Å². The molecule has 0 heterocycles. The van der Waals surface area contributed by atoms with Gasteiger partial charge in [0, 0.05) is 13.1 Å². The summed E-state index contributed by atoms with van der Waals surface area (Å²) in [5.41, 5.74) is 0. The molecule has 0 aliphatic rings. The monoisotopic (exact) mass is 106 g/mol. The molecule has 0 saturated carbocycles. The Labute approximate surface area is 41.0 Å². The minimum Gasteiger partial charge on any atom is -0.318 e. The normalized spacial score (nSPS) is 9.00. The highest BCUT2D eigenvalue weighted by molar-refractivity contribution is 7.13. The quantitative estimate of drug-likeness (QED) is 0.377. The predicted molar refractivity (Wildman–Crippen MR) is 31.6 cm³/mol. The van der Waals surface area contributed by atoms with Gasteiger partial charge in [-0.25, -0.2) is 0 Å². The van der Waals surface area contributed by atoms with Gasteiger partial charge >= 0.3 is 0 Å². The summed E-state index contributed by atoms with van der Waals surface area (Å²) in [4.78, 5) is 0. The zero-order chi connectivity index (χ0) is 4.83. The molecule has 0 aliphatic heterocycles. The lowest BCUT2D eigenvalue weighted by Gasteiger charge is -1.92. The molecule has 6 heavy (non-hydrogen) atoms. The van der Waals surface area contributed by atoms with E-state index in [1.807, 2.05) is 7.05 Å². The minimum atomic E-state index is 1.02. The van der Waals surface area contributed by atoms with Gasteiger partial charge in [-0.3, -0.25) is 5.09 Å². The first-order valence-corrected chi connectivity index (χ1v) is 2.57. The van der Waals surface area contributed by atoms with Crippen molar-refractivity contribution in [2.24, 2.45) is 0 Å². The molecule has 2 N–H and O–H groups in total. The van der Waals surface area contributed by atoms with Gasteiger partial charge in [0.25, 0.3) is 0 Å². The third kappa shape index (κ3) is 4.35. The van der Waals surface area contributed by atoms with Gasteiger partial charge < -0.3 is 5.32 Å². The van der Waals surface area contributed by atoms with Gasteiger partial charge in [0.05, 0.1) is 0 Å². The van der Waals surface area contributed by atoms with Crippen LogP contribution in [0.15, 0.2) is 0 Å². The van der Waals surface area contributed by atoms with E-state index in [0.29, 0.717) is 0 Å². The summed E-state index contributed by atoms with van der Waals surface area (Å²) in [7, 11) is 4.37. The van der Waals surface area contributed by atoms with Crippen LogP contribution in [0.4, 0.5) is 0 Å². The number of hydrogen-bond acceptors (Lipinski definition) is 2. The Balaban J connectivity index is 2.34. The van der Waals surface area contributed by atoms with E-state index in [0.717, 1.165) is 13.1 Å². The van der Waals surface area contributed by atoms with Crippen LogP contribution in [-0.4, -0.2) is 20.1 Å². The van der Waals surface area contributed by atoms with E-state index in [1.54, 1.807) is 0 Å². The Hall–Kier alpha value is 0.350. The van der Waals surface area contributed by atoms with Gasteiger partial charge in [-0.15, -0.1) is 0 Å². The van der Waals surface area contributed by atoms with E-state index < -0.39 is 0 Å². The maximum absolute atomic E-state index is 2.99. The molecular weight excluding hydrogens is 95.0 g/mol. The van der Waals surface area contributed by atoms with Gasteiger partial charge in [-0.05, 0) is 7.05 Å². The first kappa shape index (κ1) is 6.35. The maximum Gasteiger partial charge on any atom is 0.0111 e. The van der Waals surface area contributed by atoms with E-state index >= 15 is 0 Å². The van der Waals surface area contributed by atoms with Crippen LogP contribution in [0.1, 0.15) is 0 Å². The lowest BCUT2D eigenvalue weighted by Crippen LogP contribution is -2.17. The van der Waals surface area contributed by atoms with Crippen molar-refractivity contribution >= 4 is 9.39 Å². The molecule has 1 atom stereocenters. The van der Waals surface area contributed by atoms with E-state index in [2.05, 4.69) is 19.8 Å². The van der Waals surface area contributed by atoms with Gasteiger partial charge in [-0.2, -0.15) is 0 Å². The average molecular weight is 106 g/mol. The van der Waals surface area contributed by atoms with Crippen LogP contribution in [0.5, 0.6) is 0 Å². The molecule has 0 bridgehead atoms. The second-order valence-electron chi connectivity index (χ2n) is 1.06. The van der Waals surface area contributed by atoms with Gasteiger partial charge in [0.15, 0.2) is 0 Å². The van der Waals surface area contributed by atoms with Crippen LogP contribution in [-0.2, 0) is 0 Å². The fourth-order valence-corrected chi connectivity index (χ4v) is 0.342. The summed E-state index contributed by atoms with van der Waals surface area (Å²) >= 11 is 0. The predicted octanol–water partition coefficient (Wildman–Crippen LogP) is -0.415. The molecule has 0 aromatic heterocycles. The Kier molecular flexibility index (Phi) is 5.66. The molecule has 0 radical (unpaired) electrons. The van der Waals surface area contributed by atoms with Crippen molar-refractivity contribution in [1.82, 2.24) is 10.4 Å². The van der Waals surface area contributed by atoms with Crippen molar-refractivity contribution in [2.45, 2.75) is 0 Å². The van der Waals surface area contributed by atoms with E-state index in [9.17, 15) is 0 Å². The Morgan fingerprint density at radius 1 is 1.50 bits per heavy atom. The number of hydrogen-bond donors (Lipinski definition) is 2. The first-order valence-electron chi connectivity index (χ1n) is 2.00. The molecule has 0 amide bonds. The SMILES string of the molecule is CNCCNP. The fraction of sp³-hybridized carbons (Fsp3) is 1.00. The molecule has 0 saturated heterocycles. The summed E-state index contributed by atoms with van der Waals surface area (Å²) in [6.07, 6.45) is 0. The second-order valence-corrected chi connectivity index (χ2v) is 1.47. The third-order valence-electron chi connectivity index (χ3n) is 0.519. The molecule has 0 aromatic carbocycles. The summed E-state index contributed by atoms with van der Waals surface area (Å²) in [5.74, 6) is 0. The number of rotatable bonds is 3. The van der Waals surface area contributed by atoms with Crippen LogP contribution in [0.3, 0.4) is 0 Å². The zero-order valence-corrected chi connectivity index (χ0v) is 5.15. The van der Waals surface area contributed by atoms with Crippen LogP contribution in [0.2, 0.25) is 0 Å². The third-order valence-corrected chi connectivity index (χ3v) is 0.808. The van der Waals surface area contributed by atoms with Crippen molar-refractivity contribution in [3.8, 4) is 0 Å². The fourth-order valence-electron chi connectivity index (χ4n) is 0.197. The van der Waals surface area contributed by atoms with E-state index in [-0.39, 0.29) is 0 Å². The molecule has 0 fully saturated rings. The van der Waals surface area contributed by atoms with Crippen LogP contribution < -0.4 is 10.4 Å². The van der Waals surface area contributed by atoms with E-state index in [1.165, 1.54) is 0 Å². The molecule has 2 nitrogen and oxygen atoms in total. The Bertz CT molecular complexity index is 20.8. The van der Waals surface area contributed by atoms with Gasteiger partial charge in [0.2, 0.25) is 0 Å². The summed E-state index contributed by atoms with van der Waals surface area (Å²) in [6.45, 7) is 2.05. The largest absolute Gasteiger partial charge is 0.318 e. The molecular formula is C3H11N2P. The second kappa shape index (κ2) is 5.35. The molecule has 0 aliphatic carbocycles. The Morgan fingerprint density at radius 2 is 2.17 bits per heavy atom. The lowest BCUT2D eigenvalue weighted by molar-refractivity contribution is 0.776. The smallest absolute Gasteiger partial charge is 0.0111 e. The van der Waals surface area contributed by atoms with Crippen LogP contribution in [0, 0.1) is 0 Å². The van der Waals surface area contributed by atoms with Crippen LogP contribution >= 0.6 is 9.39 Å². The number of likely N-dealkylation sites (N-methyl/N-ethyl adjacent to an activating group) is 1. The molecule has 0 rings (SSSR count). The molecule has 0 aromatic rings. The molecule has 0 spiro atoms. The van der Waals surface area contributed by atoms with Crippen molar-refractivity contribution in [2.75, 3.05) is 20.1 Å². The molecule has 3 heteroatoms. The average Bonchev–Trinajstić information content (AvgIpc) is 1.61. The maximum atomic E-state index is 2.99. The molecule has 1 unspecified atom stereocenters. The number of nitrogens with one attached hydrogen (secondary N) is 2. The summed E-state index contributed by atoms with van der Waals surface area (Å²) in [5, 5.41) is 5.92. The first-order chi connectivity index (χ1) is 2.91. The summed E-state index contributed by atoms with van der Waals surface area (Å²) in [6, 6.07) is 0. The Morgan fingerprint density at radius 3 is 2.33 bits per heavy atom. The molecule has 38 valence electrons. The highest BCUT2D eigenvalue weighted by Crippen LogP contribution is 1.61. The van der Waals surface area contributed by atoms with Crippen LogP contribution in [0.25, 0.3) is 0 Å². The van der Waals surface area contributed by atoms with Crippen molar-refractivity contribution in [1.29, 1.82) is 0 Å². The van der Waals surface area contributed by atoms with Crippen molar-refractivity contribution < 1.29 is 0 Å². The highest BCUT2D eigenvalue weighted by Gasteiger charge is 1.71. The topological polar surface area (TPSA) is 24.1 Å². The minimum absolute atomic E-state index is 1.02. The zero-order valence-electron chi connectivity index (χ0n) is 3.99. The summed E-state index contributed by atoms with van der Waals surface area (Å²) < 4.78 is 0. The van der Waals surface area contributed by atoms with Gasteiger partial charge in [0.1, 0.15) is 0 Å².